The number of allylic oxidation sites excluding steroid dienone is 4. The molecule has 2 heteroatoms. The van der Waals surface area contributed by atoms with Crippen molar-refractivity contribution < 1.29 is 9.84 Å². The first-order valence-electron chi connectivity index (χ1n) is 7.98. The quantitative estimate of drug-likeness (QED) is 0.824. The Morgan fingerprint density at radius 3 is 2.17 bits per heavy atom. The third-order valence-electron chi connectivity index (χ3n) is 4.50. The summed E-state index contributed by atoms with van der Waals surface area (Å²) >= 11 is 0. The van der Waals surface area contributed by atoms with Crippen molar-refractivity contribution in [3.05, 3.63) is 83.6 Å². The van der Waals surface area contributed by atoms with Crippen molar-refractivity contribution in [2.75, 3.05) is 0 Å². The molecule has 2 aromatic rings. The fourth-order valence-corrected chi connectivity index (χ4v) is 2.93. The summed E-state index contributed by atoms with van der Waals surface area (Å²) < 4.78 is 5.92. The van der Waals surface area contributed by atoms with E-state index in [0.717, 1.165) is 24.4 Å². The lowest BCUT2D eigenvalue weighted by Crippen LogP contribution is -2.22. The number of hydrogen-bond donors (Lipinski definition) is 1. The van der Waals surface area contributed by atoms with Crippen LogP contribution in [0.5, 0.6) is 11.5 Å². The summed E-state index contributed by atoms with van der Waals surface area (Å²) in [5.74, 6) is 2.19. The van der Waals surface area contributed by atoms with E-state index in [1.165, 1.54) is 11.1 Å². The van der Waals surface area contributed by atoms with E-state index in [-0.39, 0.29) is 5.41 Å². The number of ether oxygens (including phenoxy) is 1. The van der Waals surface area contributed by atoms with Crippen LogP contribution in [0.1, 0.15) is 32.3 Å². The molecule has 0 saturated carbocycles. The second-order valence-electron chi connectivity index (χ2n) is 6.41. The third-order valence-corrected chi connectivity index (χ3v) is 4.50. The van der Waals surface area contributed by atoms with Gasteiger partial charge in [0, 0.05) is 11.8 Å². The average Bonchev–Trinajstić information content (AvgIpc) is 2.57. The minimum absolute atomic E-state index is 0.0531. The normalized spacial score (nSPS) is 14.9. The van der Waals surface area contributed by atoms with Gasteiger partial charge in [-0.3, -0.25) is 0 Å². The Bertz CT molecular complexity index is 722. The molecule has 1 N–H and O–H groups in total. The Labute approximate surface area is 137 Å². The highest BCUT2D eigenvalue weighted by Gasteiger charge is 2.26. The maximum atomic E-state index is 9.47. The van der Waals surface area contributed by atoms with E-state index in [1.807, 2.05) is 42.5 Å². The van der Waals surface area contributed by atoms with Crippen LogP contribution >= 0.6 is 0 Å². The summed E-state index contributed by atoms with van der Waals surface area (Å²) in [6, 6.07) is 17.4. The molecule has 0 atom stereocenters. The minimum atomic E-state index is -0.0531. The van der Waals surface area contributed by atoms with Gasteiger partial charge in [0.05, 0.1) is 0 Å². The van der Waals surface area contributed by atoms with Crippen molar-refractivity contribution in [3.8, 4) is 11.5 Å². The highest BCUT2D eigenvalue weighted by Crippen LogP contribution is 2.37. The maximum Gasteiger partial charge on any atom is 0.126 e. The van der Waals surface area contributed by atoms with Crippen LogP contribution in [0.25, 0.3) is 0 Å². The SMILES string of the molecule is CC(C)(C1=CC=C(Oc2ccccc2)CC1)c1ccc(O)cc1. The predicted octanol–water partition coefficient (Wildman–Crippen LogP) is 5.35. The molecule has 0 amide bonds. The van der Waals surface area contributed by atoms with E-state index in [0.29, 0.717) is 5.75 Å². The zero-order valence-electron chi connectivity index (χ0n) is 13.6. The van der Waals surface area contributed by atoms with Crippen molar-refractivity contribution in [2.45, 2.75) is 32.1 Å². The zero-order chi connectivity index (χ0) is 16.3. The molecule has 0 saturated heterocycles. The standard InChI is InChI=1S/C21H22O2/c1-21(2,16-8-12-18(22)13-9-16)17-10-14-20(15-11-17)23-19-6-4-3-5-7-19/h3-10,12-14,22H,11,15H2,1-2H3. The van der Waals surface area contributed by atoms with Gasteiger partial charge >= 0.3 is 0 Å². The molecule has 0 fully saturated rings. The van der Waals surface area contributed by atoms with Crippen LogP contribution in [-0.2, 0) is 5.41 Å². The van der Waals surface area contributed by atoms with Gasteiger partial charge in [-0.05, 0) is 42.3 Å². The number of rotatable bonds is 4. The van der Waals surface area contributed by atoms with Gasteiger partial charge < -0.3 is 9.84 Å². The highest BCUT2D eigenvalue weighted by atomic mass is 16.5. The Morgan fingerprint density at radius 2 is 1.57 bits per heavy atom. The smallest absolute Gasteiger partial charge is 0.126 e. The topological polar surface area (TPSA) is 29.5 Å². The van der Waals surface area contributed by atoms with Gasteiger partial charge in [0.25, 0.3) is 0 Å². The van der Waals surface area contributed by atoms with Crippen LogP contribution in [0.15, 0.2) is 78.1 Å². The lowest BCUT2D eigenvalue weighted by molar-refractivity contribution is 0.395. The van der Waals surface area contributed by atoms with Crippen LogP contribution in [0.3, 0.4) is 0 Å². The lowest BCUT2D eigenvalue weighted by Gasteiger charge is -2.31. The summed E-state index contributed by atoms with van der Waals surface area (Å²) in [5.41, 5.74) is 2.54. The maximum absolute atomic E-state index is 9.47. The van der Waals surface area contributed by atoms with Crippen molar-refractivity contribution in [2.24, 2.45) is 0 Å². The molecule has 0 aliphatic heterocycles. The molecule has 0 radical (unpaired) electrons. The first-order valence-corrected chi connectivity index (χ1v) is 7.98. The number of phenolic OH excluding ortho intramolecular Hbond substituents is 1. The Balaban J connectivity index is 1.78. The van der Waals surface area contributed by atoms with E-state index in [4.69, 9.17) is 4.74 Å². The van der Waals surface area contributed by atoms with Gasteiger partial charge in [-0.25, -0.2) is 0 Å². The van der Waals surface area contributed by atoms with Crippen LogP contribution in [0.4, 0.5) is 0 Å². The van der Waals surface area contributed by atoms with Crippen LogP contribution in [0, 0.1) is 0 Å². The molecule has 2 aromatic carbocycles. The Morgan fingerprint density at radius 1 is 0.870 bits per heavy atom. The third kappa shape index (κ3) is 3.48. The van der Waals surface area contributed by atoms with E-state index in [1.54, 1.807) is 12.1 Å². The van der Waals surface area contributed by atoms with E-state index in [9.17, 15) is 5.11 Å². The summed E-state index contributed by atoms with van der Waals surface area (Å²) in [6.45, 7) is 4.45. The minimum Gasteiger partial charge on any atom is -0.508 e. The predicted molar refractivity (Wildman–Crippen MR) is 93.6 cm³/mol. The first-order chi connectivity index (χ1) is 11.1. The summed E-state index contributed by atoms with van der Waals surface area (Å²) in [4.78, 5) is 0. The molecule has 118 valence electrons. The number of hydrogen-bond acceptors (Lipinski definition) is 2. The number of para-hydroxylation sites is 1. The molecule has 1 aliphatic carbocycles. The fourth-order valence-electron chi connectivity index (χ4n) is 2.93. The number of aromatic hydroxyl groups is 1. The number of phenols is 1. The molecular formula is C21H22O2. The molecule has 0 spiro atoms. The Kier molecular flexibility index (Phi) is 4.24. The molecular weight excluding hydrogens is 284 g/mol. The molecule has 0 aromatic heterocycles. The largest absolute Gasteiger partial charge is 0.508 e. The average molecular weight is 306 g/mol. The Hall–Kier alpha value is -2.48. The van der Waals surface area contributed by atoms with E-state index >= 15 is 0 Å². The first kappa shape index (κ1) is 15.4. The van der Waals surface area contributed by atoms with Gasteiger partial charge in [0.15, 0.2) is 0 Å². The molecule has 1 aliphatic rings. The van der Waals surface area contributed by atoms with Crippen molar-refractivity contribution in [3.63, 3.8) is 0 Å². The van der Waals surface area contributed by atoms with Crippen molar-refractivity contribution >= 4 is 0 Å². The van der Waals surface area contributed by atoms with Crippen molar-refractivity contribution in [1.82, 2.24) is 0 Å². The van der Waals surface area contributed by atoms with E-state index in [2.05, 4.69) is 26.0 Å². The molecule has 0 heterocycles. The fraction of sp³-hybridized carbons (Fsp3) is 0.238. The molecule has 0 bridgehead atoms. The van der Waals surface area contributed by atoms with Crippen LogP contribution in [-0.4, -0.2) is 5.11 Å². The molecule has 0 unspecified atom stereocenters. The lowest BCUT2D eigenvalue weighted by atomic mass is 9.74. The van der Waals surface area contributed by atoms with Crippen LogP contribution < -0.4 is 4.74 Å². The summed E-state index contributed by atoms with van der Waals surface area (Å²) in [7, 11) is 0. The second kappa shape index (κ2) is 6.33. The molecule has 2 nitrogen and oxygen atoms in total. The summed E-state index contributed by atoms with van der Waals surface area (Å²) in [6.07, 6.45) is 6.14. The monoisotopic (exact) mass is 306 g/mol. The highest BCUT2D eigenvalue weighted by molar-refractivity contribution is 5.40. The van der Waals surface area contributed by atoms with Gasteiger partial charge in [-0.1, -0.05) is 55.8 Å². The van der Waals surface area contributed by atoms with Gasteiger partial charge in [0.2, 0.25) is 0 Å². The van der Waals surface area contributed by atoms with Crippen molar-refractivity contribution in [1.29, 1.82) is 0 Å². The zero-order valence-corrected chi connectivity index (χ0v) is 13.6. The molecule has 23 heavy (non-hydrogen) atoms. The molecule has 3 rings (SSSR count). The number of benzene rings is 2. The van der Waals surface area contributed by atoms with Gasteiger partial charge in [-0.15, -0.1) is 0 Å². The second-order valence-corrected chi connectivity index (χ2v) is 6.41. The van der Waals surface area contributed by atoms with E-state index < -0.39 is 0 Å². The summed E-state index contributed by atoms with van der Waals surface area (Å²) in [5, 5.41) is 9.47. The van der Waals surface area contributed by atoms with Gasteiger partial charge in [0.1, 0.15) is 17.3 Å². The van der Waals surface area contributed by atoms with Crippen LogP contribution in [0.2, 0.25) is 0 Å². The van der Waals surface area contributed by atoms with Gasteiger partial charge in [-0.2, -0.15) is 0 Å².